The molecule has 0 saturated heterocycles. The molecular weight excluding hydrogens is 369 g/mol. The van der Waals surface area contributed by atoms with Crippen LogP contribution in [0.5, 0.6) is 0 Å². The second-order valence-corrected chi connectivity index (χ2v) is 10.2. The molecule has 0 aliphatic heterocycles. The molecule has 136 valence electrons. The van der Waals surface area contributed by atoms with Crippen molar-refractivity contribution in [1.29, 1.82) is 0 Å². The Morgan fingerprint density at radius 1 is 1.27 bits per heavy atom. The molecule has 1 aliphatic carbocycles. The summed E-state index contributed by atoms with van der Waals surface area (Å²) < 4.78 is 5.26. The molecule has 1 N–H and O–H groups in total. The van der Waals surface area contributed by atoms with Crippen LogP contribution in [0.25, 0.3) is 5.73 Å². The maximum Gasteiger partial charge on any atom is -0.358 e. The first kappa shape index (κ1) is 38.4. The molecule has 0 aromatic carbocycles. The van der Waals surface area contributed by atoms with E-state index < -0.39 is 8.32 Å². The molecule has 1 aliphatic rings. The Hall–Kier alpha value is 0.781. The first-order valence-electron chi connectivity index (χ1n) is 6.31. The van der Waals surface area contributed by atoms with Crippen molar-refractivity contribution >= 4 is 37.9 Å². The fraction of sp³-hybridized carbons (Fsp3) is 0.562. The second kappa shape index (κ2) is 24.0. The molecule has 0 aromatic heterocycles. The average Bonchev–Trinajstić information content (AvgIpc) is 2.73. The second-order valence-electron chi connectivity index (χ2n) is 5.71. The fourth-order valence-corrected chi connectivity index (χ4v) is 1.26. The van der Waals surface area contributed by atoms with Crippen molar-refractivity contribution in [2.24, 2.45) is 0 Å². The quantitative estimate of drug-likeness (QED) is 0.406. The average molecular weight is 404 g/mol. The van der Waals surface area contributed by atoms with E-state index in [0.29, 0.717) is 6.61 Å². The van der Waals surface area contributed by atoms with Crippen LogP contribution in [0.4, 0.5) is 0 Å². The predicted octanol–water partition coefficient (Wildman–Crippen LogP) is 6.07. The van der Waals surface area contributed by atoms with Crippen LogP contribution in [-0.4, -0.2) is 25.3 Å². The first-order valence-corrected chi connectivity index (χ1v) is 10.8. The van der Waals surface area contributed by atoms with E-state index in [1.54, 1.807) is 20.0 Å². The molecular formula is C16H35Cl2NOSiTi-4. The number of nitrogens with one attached hydrogen (secondary N) is 1. The molecule has 0 unspecified atom stereocenters. The molecule has 22 heavy (non-hydrogen) atoms. The first-order chi connectivity index (χ1) is 8.56. The van der Waals surface area contributed by atoms with Crippen LogP contribution >= 0.6 is 24.8 Å². The van der Waals surface area contributed by atoms with Crippen molar-refractivity contribution in [3.05, 3.63) is 44.4 Å². The van der Waals surface area contributed by atoms with E-state index >= 15 is 0 Å². The summed E-state index contributed by atoms with van der Waals surface area (Å²) in [7, 11) is -1.22. The van der Waals surface area contributed by atoms with Crippen LogP contribution in [-0.2, 0) is 24.4 Å². The summed E-state index contributed by atoms with van der Waals surface area (Å²) >= 11 is 1.75. The van der Waals surface area contributed by atoms with E-state index in [9.17, 15) is 0 Å². The smallest absolute Gasteiger partial charge is 0.358 e. The third-order valence-electron chi connectivity index (χ3n) is 1.12. The van der Waals surface area contributed by atoms with Gasteiger partial charge in [-0.15, -0.1) is 36.8 Å². The predicted molar refractivity (Wildman–Crippen MR) is 108 cm³/mol. The molecule has 0 amide bonds. The van der Waals surface area contributed by atoms with Gasteiger partial charge in [-0.1, -0.05) is 27.4 Å². The molecule has 0 saturated carbocycles. The molecule has 0 radical (unpaired) electrons. The van der Waals surface area contributed by atoms with Gasteiger partial charge in [-0.3, -0.25) is 6.08 Å². The summed E-state index contributed by atoms with van der Waals surface area (Å²) in [5.74, 6) is 0. The molecule has 0 fully saturated rings. The Morgan fingerprint density at radius 2 is 1.64 bits per heavy atom. The van der Waals surface area contributed by atoms with Crippen LogP contribution in [0.3, 0.4) is 0 Å². The van der Waals surface area contributed by atoms with Gasteiger partial charge in [0.25, 0.3) is 0 Å². The number of hydrogen-bond acceptors (Lipinski definition) is 1. The molecule has 2 nitrogen and oxygen atoms in total. The Labute approximate surface area is 165 Å². The van der Waals surface area contributed by atoms with Crippen molar-refractivity contribution in [2.75, 3.05) is 6.61 Å². The van der Waals surface area contributed by atoms with Gasteiger partial charge < -0.3 is 24.5 Å². The van der Waals surface area contributed by atoms with Gasteiger partial charge in [0.05, 0.1) is 0 Å². The van der Waals surface area contributed by atoms with Gasteiger partial charge in [0.15, 0.2) is 8.32 Å². The van der Waals surface area contributed by atoms with Gasteiger partial charge in [-0.05, 0) is 19.6 Å². The number of hydrogen-bond donors (Lipinski definition) is 0. The monoisotopic (exact) mass is 403 g/mol. The Bertz CT molecular complexity index is 234. The van der Waals surface area contributed by atoms with Crippen molar-refractivity contribution in [3.63, 3.8) is 0 Å². The van der Waals surface area contributed by atoms with E-state index in [1.807, 2.05) is 32.9 Å². The van der Waals surface area contributed by atoms with Crippen molar-refractivity contribution in [2.45, 2.75) is 52.4 Å². The third kappa shape index (κ3) is 85.0. The van der Waals surface area contributed by atoms with Gasteiger partial charge in [0, 0.05) is 0 Å². The zero-order chi connectivity index (χ0) is 15.9. The van der Waals surface area contributed by atoms with E-state index in [-0.39, 0.29) is 37.8 Å². The van der Waals surface area contributed by atoms with Crippen LogP contribution in [0.2, 0.25) is 19.6 Å². The minimum absolute atomic E-state index is 0. The zero-order valence-electron chi connectivity index (χ0n) is 15.3. The molecule has 0 heterocycles. The van der Waals surface area contributed by atoms with E-state index in [0.717, 1.165) is 6.42 Å². The van der Waals surface area contributed by atoms with Gasteiger partial charge in [0.1, 0.15) is 0 Å². The SMILES string of the molecule is CC(C)(C)[NH-].Cl.Cl.[C-]1=CC=CC1.[CH2-]CO[Si](C)(C)C.[CH2]=[Ti].[CH3-]. The number of halogens is 2. The Morgan fingerprint density at radius 3 is 1.68 bits per heavy atom. The minimum Gasteiger partial charge on any atom is -0.358 e. The Balaban J connectivity index is -0.0000000392. The van der Waals surface area contributed by atoms with Crippen molar-refractivity contribution in [1.82, 2.24) is 0 Å². The van der Waals surface area contributed by atoms with E-state index in [2.05, 4.69) is 43.5 Å². The summed E-state index contributed by atoms with van der Waals surface area (Å²) in [5.41, 5.74) is 6.69. The van der Waals surface area contributed by atoms with Gasteiger partial charge in [0.2, 0.25) is 0 Å². The topological polar surface area (TPSA) is 33.0 Å². The van der Waals surface area contributed by atoms with E-state index in [1.165, 1.54) is 0 Å². The van der Waals surface area contributed by atoms with Crippen LogP contribution in [0.1, 0.15) is 27.2 Å². The summed E-state index contributed by atoms with van der Waals surface area (Å²) in [6.07, 6.45) is 10.0. The van der Waals surface area contributed by atoms with Gasteiger partial charge in [-0.2, -0.15) is 6.08 Å². The summed E-state index contributed by atoms with van der Waals surface area (Å²) in [5, 5.41) is 0. The molecule has 0 spiro atoms. The summed E-state index contributed by atoms with van der Waals surface area (Å²) in [6, 6.07) is 0. The Kier molecular flexibility index (Phi) is 41.9. The van der Waals surface area contributed by atoms with Crippen LogP contribution in [0.15, 0.2) is 18.2 Å². The molecule has 6 heteroatoms. The maximum atomic E-state index is 6.94. The summed E-state index contributed by atoms with van der Waals surface area (Å²) in [6.45, 7) is 16.2. The maximum absolute atomic E-state index is 6.94. The van der Waals surface area contributed by atoms with Crippen LogP contribution in [0, 0.1) is 20.4 Å². The molecule has 1 rings (SSSR count). The van der Waals surface area contributed by atoms with E-state index in [4.69, 9.17) is 10.2 Å². The molecule has 0 aromatic rings. The number of allylic oxidation sites excluding steroid dienone is 4. The standard InChI is InChI=1S/C5H13OSi.C5H5.C4H10N.CH3.CH2.2ClH.Ti/c1-5-6-7(2,3)4;1-2-4-5-3-1;1-4(2,3)5;;;;;/h1,5H2,2-4H3;1-3H,4H2;5H,1-3H3;1H3;1H2;2*1H;/q4*-1;;;;. The number of rotatable bonds is 2. The molecule has 0 bridgehead atoms. The normalized spacial score (nSPS) is 10.7. The van der Waals surface area contributed by atoms with Crippen molar-refractivity contribution in [3.8, 4) is 0 Å². The van der Waals surface area contributed by atoms with Gasteiger partial charge in [-0.25, -0.2) is 12.2 Å². The van der Waals surface area contributed by atoms with Crippen molar-refractivity contribution < 1.29 is 24.4 Å². The molecule has 0 atom stereocenters. The largest absolute Gasteiger partial charge is 0.358 e. The zero-order valence-corrected chi connectivity index (χ0v) is 19.5. The minimum atomic E-state index is -1.22. The van der Waals surface area contributed by atoms with Crippen LogP contribution < -0.4 is 0 Å². The fourth-order valence-electron chi connectivity index (χ4n) is 0.646. The third-order valence-corrected chi connectivity index (χ3v) is 2.19. The summed E-state index contributed by atoms with van der Waals surface area (Å²) in [4.78, 5) is 3.25. The van der Waals surface area contributed by atoms with Gasteiger partial charge >= 0.3 is 24.8 Å².